The number of aromatic nitrogens is 1. The van der Waals surface area contributed by atoms with Gasteiger partial charge >= 0.3 is 5.69 Å². The van der Waals surface area contributed by atoms with E-state index in [0.717, 1.165) is 0 Å². The summed E-state index contributed by atoms with van der Waals surface area (Å²) in [5.74, 6) is 0.592. The highest BCUT2D eigenvalue weighted by atomic mass is 32.2. The van der Waals surface area contributed by atoms with E-state index in [-0.39, 0.29) is 17.5 Å². The lowest BCUT2D eigenvalue weighted by Gasteiger charge is -2.09. The van der Waals surface area contributed by atoms with Crippen molar-refractivity contribution in [2.75, 3.05) is 19.0 Å². The van der Waals surface area contributed by atoms with Crippen LogP contribution in [0.2, 0.25) is 0 Å². The minimum atomic E-state index is -0.444. The minimum Gasteiger partial charge on any atom is -0.396 e. The van der Waals surface area contributed by atoms with Gasteiger partial charge in [0.2, 0.25) is 0 Å². The highest BCUT2D eigenvalue weighted by Gasteiger charge is 2.18. The number of hydrogen-bond acceptors (Lipinski definition) is 6. The van der Waals surface area contributed by atoms with Crippen LogP contribution in [-0.4, -0.2) is 33.9 Å². The van der Waals surface area contributed by atoms with Crippen molar-refractivity contribution in [2.24, 2.45) is 0 Å². The van der Waals surface area contributed by atoms with Crippen molar-refractivity contribution in [3.8, 4) is 0 Å². The van der Waals surface area contributed by atoms with E-state index in [4.69, 9.17) is 5.11 Å². The highest BCUT2D eigenvalue weighted by molar-refractivity contribution is 8.00. The number of aliphatic hydroxyl groups is 1. The van der Waals surface area contributed by atoms with Gasteiger partial charge in [-0.25, -0.2) is 4.98 Å². The molecule has 1 aromatic rings. The van der Waals surface area contributed by atoms with Gasteiger partial charge < -0.3 is 10.4 Å². The summed E-state index contributed by atoms with van der Waals surface area (Å²) < 4.78 is 0. The molecule has 0 aliphatic rings. The molecule has 7 heteroatoms. The van der Waals surface area contributed by atoms with E-state index in [0.29, 0.717) is 17.3 Å². The maximum Gasteiger partial charge on any atom is 0.301 e. The molecule has 1 heterocycles. The van der Waals surface area contributed by atoms with Gasteiger partial charge in [0.15, 0.2) is 5.03 Å². The molecule has 0 aliphatic carbocycles. The SMILES string of the molecule is CNc1ccc([N+](=O)[O-])c(SC(C)CCO)n1. The number of thioether (sulfide) groups is 1. The van der Waals surface area contributed by atoms with Gasteiger partial charge in [-0.05, 0) is 12.5 Å². The zero-order valence-corrected chi connectivity index (χ0v) is 10.5. The molecular formula is C10H15N3O3S. The van der Waals surface area contributed by atoms with Crippen molar-refractivity contribution in [1.29, 1.82) is 0 Å². The standard InChI is InChI=1S/C10H15N3O3S/c1-7(5-6-14)17-10-8(13(15)16)3-4-9(11-2)12-10/h3-4,7,14H,5-6H2,1-2H3,(H,11,12). The van der Waals surface area contributed by atoms with Crippen LogP contribution in [0.5, 0.6) is 0 Å². The Bertz CT molecular complexity index is 400. The van der Waals surface area contributed by atoms with Crippen LogP contribution in [0, 0.1) is 10.1 Å². The third-order valence-electron chi connectivity index (χ3n) is 2.14. The van der Waals surface area contributed by atoms with Gasteiger partial charge in [0.05, 0.1) is 4.92 Å². The first-order valence-corrected chi connectivity index (χ1v) is 6.07. The molecule has 0 amide bonds. The molecule has 0 aromatic carbocycles. The van der Waals surface area contributed by atoms with Crippen molar-refractivity contribution >= 4 is 23.3 Å². The van der Waals surface area contributed by atoms with Crippen molar-refractivity contribution in [3.63, 3.8) is 0 Å². The molecule has 1 aromatic heterocycles. The summed E-state index contributed by atoms with van der Waals surface area (Å²) in [6, 6.07) is 3.01. The number of anilines is 1. The molecule has 0 saturated heterocycles. The van der Waals surface area contributed by atoms with Crippen molar-refractivity contribution in [3.05, 3.63) is 22.2 Å². The van der Waals surface area contributed by atoms with Crippen LogP contribution in [-0.2, 0) is 0 Å². The third kappa shape index (κ3) is 3.86. The van der Waals surface area contributed by atoms with Gasteiger partial charge in [-0.3, -0.25) is 10.1 Å². The molecule has 1 atom stereocenters. The van der Waals surface area contributed by atoms with Gasteiger partial charge in [0, 0.05) is 25.0 Å². The third-order valence-corrected chi connectivity index (χ3v) is 3.30. The lowest BCUT2D eigenvalue weighted by molar-refractivity contribution is -0.388. The van der Waals surface area contributed by atoms with Crippen molar-refractivity contribution in [1.82, 2.24) is 4.98 Å². The van der Waals surface area contributed by atoms with Crippen LogP contribution >= 0.6 is 11.8 Å². The maximum absolute atomic E-state index is 10.8. The fourth-order valence-corrected chi connectivity index (χ4v) is 2.25. The van der Waals surface area contributed by atoms with Crippen LogP contribution in [0.25, 0.3) is 0 Å². The summed E-state index contributed by atoms with van der Waals surface area (Å²) in [6.07, 6.45) is 0.577. The number of pyridine rings is 1. The quantitative estimate of drug-likeness (QED) is 0.459. The van der Waals surface area contributed by atoms with Gasteiger partial charge in [-0.1, -0.05) is 18.7 Å². The molecule has 2 N–H and O–H groups in total. The van der Waals surface area contributed by atoms with E-state index in [1.54, 1.807) is 13.1 Å². The lowest BCUT2D eigenvalue weighted by Crippen LogP contribution is -2.03. The Labute approximate surface area is 104 Å². The van der Waals surface area contributed by atoms with E-state index in [1.165, 1.54) is 17.8 Å². The molecule has 0 spiro atoms. The normalized spacial score (nSPS) is 12.2. The summed E-state index contributed by atoms with van der Waals surface area (Å²) in [5, 5.41) is 23.0. The Morgan fingerprint density at radius 1 is 1.65 bits per heavy atom. The Kier molecular flexibility index (Phi) is 5.17. The summed E-state index contributed by atoms with van der Waals surface area (Å²) in [5.41, 5.74) is -0.00112. The summed E-state index contributed by atoms with van der Waals surface area (Å²) >= 11 is 1.30. The largest absolute Gasteiger partial charge is 0.396 e. The van der Waals surface area contributed by atoms with Crippen LogP contribution in [0.15, 0.2) is 17.2 Å². The Morgan fingerprint density at radius 2 is 2.35 bits per heavy atom. The number of rotatable bonds is 6. The van der Waals surface area contributed by atoms with E-state index in [2.05, 4.69) is 10.3 Å². The second-order valence-corrected chi connectivity index (χ2v) is 4.90. The number of hydrogen-bond donors (Lipinski definition) is 2. The molecule has 1 unspecified atom stereocenters. The molecule has 94 valence electrons. The first-order chi connectivity index (χ1) is 8.08. The molecule has 0 aliphatic heterocycles. The molecule has 17 heavy (non-hydrogen) atoms. The molecule has 0 saturated carbocycles. The van der Waals surface area contributed by atoms with Crippen LogP contribution in [0.3, 0.4) is 0 Å². The van der Waals surface area contributed by atoms with Crippen molar-refractivity contribution < 1.29 is 10.0 Å². The minimum absolute atomic E-state index is 0.00112. The highest BCUT2D eigenvalue weighted by Crippen LogP contribution is 2.32. The van der Waals surface area contributed by atoms with E-state index < -0.39 is 4.92 Å². The summed E-state index contributed by atoms with van der Waals surface area (Å²) in [4.78, 5) is 14.6. The molecular weight excluding hydrogens is 242 g/mol. The molecule has 0 fully saturated rings. The second kappa shape index (κ2) is 6.41. The zero-order chi connectivity index (χ0) is 12.8. The monoisotopic (exact) mass is 257 g/mol. The Hall–Kier alpha value is -1.34. The lowest BCUT2D eigenvalue weighted by atomic mass is 10.3. The summed E-state index contributed by atoms with van der Waals surface area (Å²) in [6.45, 7) is 1.96. The van der Waals surface area contributed by atoms with E-state index in [1.807, 2.05) is 6.92 Å². The van der Waals surface area contributed by atoms with E-state index in [9.17, 15) is 10.1 Å². The van der Waals surface area contributed by atoms with Crippen molar-refractivity contribution in [2.45, 2.75) is 23.6 Å². The smallest absolute Gasteiger partial charge is 0.301 e. The predicted molar refractivity (Wildman–Crippen MR) is 67.5 cm³/mol. The first kappa shape index (κ1) is 13.7. The van der Waals surface area contributed by atoms with Crippen LogP contribution in [0.4, 0.5) is 11.5 Å². The average molecular weight is 257 g/mol. The van der Waals surface area contributed by atoms with Gasteiger partial charge in [0.1, 0.15) is 5.82 Å². The van der Waals surface area contributed by atoms with Gasteiger partial charge in [0.25, 0.3) is 0 Å². The van der Waals surface area contributed by atoms with Gasteiger partial charge in [-0.15, -0.1) is 0 Å². The number of aliphatic hydroxyl groups excluding tert-OH is 1. The predicted octanol–water partition coefficient (Wildman–Crippen LogP) is 1.89. The summed E-state index contributed by atoms with van der Waals surface area (Å²) in [7, 11) is 1.71. The second-order valence-electron chi connectivity index (χ2n) is 3.47. The first-order valence-electron chi connectivity index (χ1n) is 5.19. The van der Waals surface area contributed by atoms with Crippen LogP contribution < -0.4 is 5.32 Å². The average Bonchev–Trinajstić information content (AvgIpc) is 2.28. The maximum atomic E-state index is 10.8. The zero-order valence-electron chi connectivity index (χ0n) is 9.71. The van der Waals surface area contributed by atoms with E-state index >= 15 is 0 Å². The number of nitro groups is 1. The van der Waals surface area contributed by atoms with Crippen LogP contribution in [0.1, 0.15) is 13.3 Å². The topological polar surface area (TPSA) is 88.3 Å². The fraction of sp³-hybridized carbons (Fsp3) is 0.500. The molecule has 6 nitrogen and oxygen atoms in total. The number of nitrogens with one attached hydrogen (secondary N) is 1. The molecule has 0 radical (unpaired) electrons. The molecule has 0 bridgehead atoms. The fourth-order valence-electron chi connectivity index (χ4n) is 1.23. The Balaban J connectivity index is 2.96. The Morgan fingerprint density at radius 3 is 2.88 bits per heavy atom. The number of nitrogens with zero attached hydrogens (tertiary/aromatic N) is 2. The van der Waals surface area contributed by atoms with Gasteiger partial charge in [-0.2, -0.15) is 0 Å². The molecule has 1 rings (SSSR count).